The number of H-pyrrole nitrogens is 1. The Balaban J connectivity index is 1.74. The number of aromatic amines is 1. The zero-order valence-corrected chi connectivity index (χ0v) is 14.6. The fraction of sp³-hybridized carbons (Fsp3) is 0.444. The first-order valence-corrected chi connectivity index (χ1v) is 8.63. The molecule has 1 aromatic carbocycles. The molecule has 1 aliphatic heterocycles. The lowest BCUT2D eigenvalue weighted by Gasteiger charge is -2.24. The minimum atomic E-state index is -0.0468. The monoisotopic (exact) mass is 347 g/mol. The molecule has 1 saturated heterocycles. The van der Waals surface area contributed by atoms with Crippen molar-refractivity contribution in [3.05, 3.63) is 52.3 Å². The van der Waals surface area contributed by atoms with Gasteiger partial charge in [0.25, 0.3) is 5.91 Å². The molecule has 1 aliphatic rings. The van der Waals surface area contributed by atoms with Crippen molar-refractivity contribution in [1.82, 2.24) is 15.1 Å². The van der Waals surface area contributed by atoms with Crippen molar-refractivity contribution in [3.8, 4) is 0 Å². The molecule has 0 bridgehead atoms. The standard InChI is InChI=1S/C18H22ClN3O2/c1-13-10-17(21-20-13)18(23)22(8-6-14-7-9-24-12-14)11-15-4-2-3-5-16(15)19/h2-5,10,14H,6-9,11-12H2,1H3,(H,20,21). The van der Waals surface area contributed by atoms with E-state index in [4.69, 9.17) is 16.3 Å². The van der Waals surface area contributed by atoms with Crippen molar-refractivity contribution < 1.29 is 9.53 Å². The van der Waals surface area contributed by atoms with Gasteiger partial charge in [-0.3, -0.25) is 9.89 Å². The van der Waals surface area contributed by atoms with Gasteiger partial charge in [0.15, 0.2) is 0 Å². The van der Waals surface area contributed by atoms with Gasteiger partial charge in [0.1, 0.15) is 5.69 Å². The van der Waals surface area contributed by atoms with E-state index < -0.39 is 0 Å². The third kappa shape index (κ3) is 4.16. The summed E-state index contributed by atoms with van der Waals surface area (Å²) < 4.78 is 5.43. The number of carbonyl (C=O) groups excluding carboxylic acids is 1. The van der Waals surface area contributed by atoms with Crippen LogP contribution >= 0.6 is 11.6 Å². The molecule has 2 aromatic rings. The van der Waals surface area contributed by atoms with Gasteiger partial charge in [-0.2, -0.15) is 5.10 Å². The molecule has 1 atom stereocenters. The molecule has 3 rings (SSSR count). The van der Waals surface area contributed by atoms with Crippen LogP contribution in [0.15, 0.2) is 30.3 Å². The molecule has 24 heavy (non-hydrogen) atoms. The summed E-state index contributed by atoms with van der Waals surface area (Å²) in [6, 6.07) is 9.42. The summed E-state index contributed by atoms with van der Waals surface area (Å²) in [6.07, 6.45) is 2.00. The second-order valence-electron chi connectivity index (χ2n) is 6.26. The van der Waals surface area contributed by atoms with Gasteiger partial charge in [-0.05, 0) is 43.4 Å². The molecule has 1 N–H and O–H groups in total. The van der Waals surface area contributed by atoms with Gasteiger partial charge in [0, 0.05) is 31.3 Å². The molecule has 1 aromatic heterocycles. The van der Waals surface area contributed by atoms with Crippen LogP contribution in [0.25, 0.3) is 0 Å². The van der Waals surface area contributed by atoms with Gasteiger partial charge in [-0.25, -0.2) is 0 Å². The molecule has 1 unspecified atom stereocenters. The predicted molar refractivity (Wildman–Crippen MR) is 93.1 cm³/mol. The molecule has 0 aliphatic carbocycles. The van der Waals surface area contributed by atoms with Crippen molar-refractivity contribution in [3.63, 3.8) is 0 Å². The highest BCUT2D eigenvalue weighted by Gasteiger charge is 2.22. The van der Waals surface area contributed by atoms with E-state index in [1.54, 1.807) is 6.07 Å². The first-order chi connectivity index (χ1) is 11.6. The number of nitrogens with zero attached hydrogens (tertiary/aromatic N) is 2. The van der Waals surface area contributed by atoms with Crippen LogP contribution in [0, 0.1) is 12.8 Å². The molecule has 0 spiro atoms. The lowest BCUT2D eigenvalue weighted by Crippen LogP contribution is -2.33. The highest BCUT2D eigenvalue weighted by Crippen LogP contribution is 2.21. The van der Waals surface area contributed by atoms with Crippen molar-refractivity contribution >= 4 is 17.5 Å². The average molecular weight is 348 g/mol. The van der Waals surface area contributed by atoms with E-state index in [1.807, 2.05) is 36.1 Å². The number of aryl methyl sites for hydroxylation is 1. The molecule has 6 heteroatoms. The molecular formula is C18H22ClN3O2. The maximum Gasteiger partial charge on any atom is 0.272 e. The van der Waals surface area contributed by atoms with Gasteiger partial charge in [-0.1, -0.05) is 29.8 Å². The van der Waals surface area contributed by atoms with Crippen LogP contribution in [0.1, 0.15) is 34.6 Å². The fourth-order valence-corrected chi connectivity index (χ4v) is 3.13. The molecular weight excluding hydrogens is 326 g/mol. The topological polar surface area (TPSA) is 58.2 Å². The number of hydrogen-bond donors (Lipinski definition) is 1. The van der Waals surface area contributed by atoms with E-state index in [2.05, 4.69) is 10.2 Å². The van der Waals surface area contributed by atoms with E-state index >= 15 is 0 Å². The Bertz CT molecular complexity index is 695. The van der Waals surface area contributed by atoms with Gasteiger partial charge in [-0.15, -0.1) is 0 Å². The van der Waals surface area contributed by atoms with Crippen LogP contribution in [-0.2, 0) is 11.3 Å². The van der Waals surface area contributed by atoms with Crippen LogP contribution in [0.4, 0.5) is 0 Å². The van der Waals surface area contributed by atoms with E-state index in [-0.39, 0.29) is 5.91 Å². The van der Waals surface area contributed by atoms with Crippen molar-refractivity contribution in [1.29, 1.82) is 0 Å². The highest BCUT2D eigenvalue weighted by molar-refractivity contribution is 6.31. The molecule has 1 amide bonds. The van der Waals surface area contributed by atoms with Crippen LogP contribution < -0.4 is 0 Å². The average Bonchev–Trinajstić information content (AvgIpc) is 3.24. The molecule has 5 nitrogen and oxygen atoms in total. The van der Waals surface area contributed by atoms with Gasteiger partial charge in [0.05, 0.1) is 5.69 Å². The molecule has 1 fully saturated rings. The number of hydrogen-bond acceptors (Lipinski definition) is 3. The SMILES string of the molecule is Cc1cc(C(=O)N(CCC2CCOC2)Cc2ccccc2Cl)[nH]n1. The Kier molecular flexibility index (Phi) is 5.53. The maximum atomic E-state index is 12.9. The smallest absolute Gasteiger partial charge is 0.272 e. The Morgan fingerprint density at radius 2 is 2.29 bits per heavy atom. The second-order valence-corrected chi connectivity index (χ2v) is 6.67. The lowest BCUT2D eigenvalue weighted by molar-refractivity contribution is 0.0724. The van der Waals surface area contributed by atoms with Crippen molar-refractivity contribution in [2.45, 2.75) is 26.3 Å². The van der Waals surface area contributed by atoms with Crippen LogP contribution in [-0.4, -0.2) is 40.8 Å². The minimum absolute atomic E-state index is 0.0468. The number of halogens is 1. The summed E-state index contributed by atoms with van der Waals surface area (Å²) in [5.41, 5.74) is 2.27. The number of aromatic nitrogens is 2. The zero-order chi connectivity index (χ0) is 16.9. The van der Waals surface area contributed by atoms with E-state index in [9.17, 15) is 4.79 Å². The highest BCUT2D eigenvalue weighted by atomic mass is 35.5. The number of benzene rings is 1. The number of rotatable bonds is 6. The first-order valence-electron chi connectivity index (χ1n) is 8.26. The largest absolute Gasteiger partial charge is 0.381 e. The van der Waals surface area contributed by atoms with Gasteiger partial charge in [0.2, 0.25) is 0 Å². The number of ether oxygens (including phenoxy) is 1. The number of carbonyl (C=O) groups is 1. The van der Waals surface area contributed by atoms with E-state index in [0.29, 0.717) is 29.7 Å². The van der Waals surface area contributed by atoms with Crippen LogP contribution in [0.2, 0.25) is 5.02 Å². The minimum Gasteiger partial charge on any atom is -0.381 e. The van der Waals surface area contributed by atoms with Gasteiger partial charge >= 0.3 is 0 Å². The molecule has 0 saturated carbocycles. The summed E-state index contributed by atoms with van der Waals surface area (Å²) in [7, 11) is 0. The van der Waals surface area contributed by atoms with Crippen molar-refractivity contribution in [2.24, 2.45) is 5.92 Å². The normalized spacial score (nSPS) is 17.2. The summed E-state index contributed by atoms with van der Waals surface area (Å²) in [4.78, 5) is 14.7. The third-order valence-electron chi connectivity index (χ3n) is 4.37. The number of nitrogens with one attached hydrogen (secondary N) is 1. The maximum absolute atomic E-state index is 12.9. The predicted octanol–water partition coefficient (Wildman–Crippen LogP) is 3.44. The third-order valence-corrected chi connectivity index (χ3v) is 4.74. The zero-order valence-electron chi connectivity index (χ0n) is 13.8. The fourth-order valence-electron chi connectivity index (χ4n) is 2.94. The van der Waals surface area contributed by atoms with Crippen LogP contribution in [0.5, 0.6) is 0 Å². The van der Waals surface area contributed by atoms with E-state index in [1.165, 1.54) is 0 Å². The number of amides is 1. The summed E-state index contributed by atoms with van der Waals surface area (Å²) in [6.45, 7) is 4.64. The molecule has 2 heterocycles. The van der Waals surface area contributed by atoms with Crippen LogP contribution in [0.3, 0.4) is 0 Å². The summed E-state index contributed by atoms with van der Waals surface area (Å²) in [5.74, 6) is 0.476. The first kappa shape index (κ1) is 17.0. The second kappa shape index (κ2) is 7.81. The Morgan fingerprint density at radius 1 is 1.46 bits per heavy atom. The van der Waals surface area contributed by atoms with E-state index in [0.717, 1.165) is 37.3 Å². The summed E-state index contributed by atoms with van der Waals surface area (Å²) in [5, 5.41) is 7.56. The van der Waals surface area contributed by atoms with Gasteiger partial charge < -0.3 is 9.64 Å². The van der Waals surface area contributed by atoms with Crippen molar-refractivity contribution in [2.75, 3.05) is 19.8 Å². The Morgan fingerprint density at radius 3 is 2.96 bits per heavy atom. The quantitative estimate of drug-likeness (QED) is 0.870. The Hall–Kier alpha value is -1.85. The lowest BCUT2D eigenvalue weighted by atomic mass is 10.0. The molecule has 0 radical (unpaired) electrons. The molecule has 128 valence electrons. The summed E-state index contributed by atoms with van der Waals surface area (Å²) >= 11 is 6.27. The Labute approximate surface area is 147 Å².